The highest BCUT2D eigenvalue weighted by molar-refractivity contribution is 5.38. The molecule has 0 aliphatic rings. The van der Waals surface area contributed by atoms with Crippen LogP contribution in [0.3, 0.4) is 0 Å². The maximum absolute atomic E-state index is 4.18. The van der Waals surface area contributed by atoms with Gasteiger partial charge in [-0.15, -0.1) is 0 Å². The Balaban J connectivity index is 2.43. The van der Waals surface area contributed by atoms with Gasteiger partial charge in [-0.3, -0.25) is 0 Å². The summed E-state index contributed by atoms with van der Waals surface area (Å²) in [7, 11) is 0. The lowest BCUT2D eigenvalue weighted by Crippen LogP contribution is -2.23. The van der Waals surface area contributed by atoms with E-state index in [2.05, 4.69) is 59.7 Å². The number of hydrogen-bond acceptors (Lipinski definition) is 3. The van der Waals surface area contributed by atoms with E-state index in [1.54, 1.807) is 6.20 Å². The molecule has 0 saturated carbocycles. The number of nitrogens with zero attached hydrogens (tertiary/aromatic N) is 2. The van der Waals surface area contributed by atoms with Crippen molar-refractivity contribution in [1.82, 2.24) is 20.7 Å². The average Bonchev–Trinajstić information content (AvgIpc) is 2.84. The van der Waals surface area contributed by atoms with Crippen LogP contribution < -0.4 is 5.32 Å². The van der Waals surface area contributed by atoms with E-state index >= 15 is 0 Å². The molecule has 0 saturated heterocycles. The molecular formula is C13H18N4. The first-order valence-electron chi connectivity index (χ1n) is 5.89. The zero-order valence-electron chi connectivity index (χ0n) is 10.5. The second kappa shape index (κ2) is 5.10. The van der Waals surface area contributed by atoms with Crippen LogP contribution >= 0.6 is 0 Å². The fourth-order valence-electron chi connectivity index (χ4n) is 2.01. The molecule has 0 amide bonds. The molecule has 1 atom stereocenters. The van der Waals surface area contributed by atoms with Gasteiger partial charge in [-0.25, -0.2) is 0 Å². The highest BCUT2D eigenvalue weighted by atomic mass is 15.3. The third-order valence-corrected chi connectivity index (χ3v) is 3.10. The maximum Gasteiger partial charge on any atom is 0.104 e. The van der Waals surface area contributed by atoms with Crippen LogP contribution in [0.2, 0.25) is 0 Å². The third kappa shape index (κ3) is 2.36. The molecule has 0 radical (unpaired) electrons. The van der Waals surface area contributed by atoms with Crippen molar-refractivity contribution >= 4 is 0 Å². The summed E-state index contributed by atoms with van der Waals surface area (Å²) >= 11 is 0. The Hall–Kier alpha value is -1.68. The van der Waals surface area contributed by atoms with Crippen molar-refractivity contribution in [3.05, 3.63) is 46.8 Å². The lowest BCUT2D eigenvalue weighted by molar-refractivity contribution is 0.610. The van der Waals surface area contributed by atoms with Gasteiger partial charge in [-0.05, 0) is 37.1 Å². The molecule has 1 unspecified atom stereocenters. The number of benzene rings is 1. The number of H-pyrrole nitrogens is 1. The second-order valence-corrected chi connectivity index (χ2v) is 4.17. The SMILES string of the molecule is CCNC(c1cn[nH]n1)c1cccc(C)c1C. The Bertz CT molecular complexity index is 476. The third-order valence-electron chi connectivity index (χ3n) is 3.10. The fourth-order valence-corrected chi connectivity index (χ4v) is 2.01. The molecule has 0 aliphatic carbocycles. The summed E-state index contributed by atoms with van der Waals surface area (Å²) in [6.07, 6.45) is 1.77. The zero-order valence-corrected chi connectivity index (χ0v) is 10.5. The number of nitrogens with one attached hydrogen (secondary N) is 2. The van der Waals surface area contributed by atoms with E-state index in [0.29, 0.717) is 0 Å². The Morgan fingerprint density at radius 2 is 2.18 bits per heavy atom. The van der Waals surface area contributed by atoms with Gasteiger partial charge >= 0.3 is 0 Å². The first-order chi connectivity index (χ1) is 8.24. The predicted molar refractivity (Wildman–Crippen MR) is 67.8 cm³/mol. The van der Waals surface area contributed by atoms with Crippen LogP contribution in [-0.4, -0.2) is 22.0 Å². The van der Waals surface area contributed by atoms with Crippen molar-refractivity contribution in [3.8, 4) is 0 Å². The molecule has 1 aromatic heterocycles. The lowest BCUT2D eigenvalue weighted by atomic mass is 9.96. The van der Waals surface area contributed by atoms with Crippen molar-refractivity contribution < 1.29 is 0 Å². The summed E-state index contributed by atoms with van der Waals surface area (Å²) in [5.41, 5.74) is 4.80. The van der Waals surface area contributed by atoms with Crippen molar-refractivity contribution in [2.24, 2.45) is 0 Å². The van der Waals surface area contributed by atoms with Gasteiger partial charge in [0.1, 0.15) is 5.69 Å². The topological polar surface area (TPSA) is 53.6 Å². The normalized spacial score (nSPS) is 12.6. The van der Waals surface area contributed by atoms with Crippen LogP contribution in [0.1, 0.15) is 35.3 Å². The monoisotopic (exact) mass is 230 g/mol. The van der Waals surface area contributed by atoms with Gasteiger partial charge in [0, 0.05) is 0 Å². The van der Waals surface area contributed by atoms with Gasteiger partial charge in [0.25, 0.3) is 0 Å². The van der Waals surface area contributed by atoms with Crippen molar-refractivity contribution in [2.75, 3.05) is 6.54 Å². The Labute approximate surface area is 101 Å². The molecular weight excluding hydrogens is 212 g/mol. The molecule has 4 nitrogen and oxygen atoms in total. The van der Waals surface area contributed by atoms with E-state index in [9.17, 15) is 0 Å². The van der Waals surface area contributed by atoms with E-state index in [-0.39, 0.29) is 6.04 Å². The summed E-state index contributed by atoms with van der Waals surface area (Å²) in [5, 5.41) is 14.2. The highest BCUT2D eigenvalue weighted by Gasteiger charge is 2.17. The van der Waals surface area contributed by atoms with E-state index in [4.69, 9.17) is 0 Å². The van der Waals surface area contributed by atoms with E-state index in [0.717, 1.165) is 12.2 Å². The van der Waals surface area contributed by atoms with Crippen LogP contribution in [0.15, 0.2) is 24.4 Å². The van der Waals surface area contributed by atoms with Gasteiger partial charge in [-0.1, -0.05) is 25.1 Å². The summed E-state index contributed by atoms with van der Waals surface area (Å²) < 4.78 is 0. The van der Waals surface area contributed by atoms with Gasteiger partial charge in [0.05, 0.1) is 12.2 Å². The molecule has 0 fully saturated rings. The molecule has 1 heterocycles. The van der Waals surface area contributed by atoms with E-state index in [1.807, 2.05) is 0 Å². The summed E-state index contributed by atoms with van der Waals surface area (Å²) in [4.78, 5) is 0. The molecule has 90 valence electrons. The van der Waals surface area contributed by atoms with Crippen molar-refractivity contribution in [2.45, 2.75) is 26.8 Å². The average molecular weight is 230 g/mol. The van der Waals surface area contributed by atoms with Crippen molar-refractivity contribution in [3.63, 3.8) is 0 Å². The number of aryl methyl sites for hydroxylation is 1. The quantitative estimate of drug-likeness (QED) is 0.846. The molecule has 0 aliphatic heterocycles. The van der Waals surface area contributed by atoms with Gasteiger partial charge in [0.2, 0.25) is 0 Å². The minimum atomic E-state index is 0.110. The molecule has 0 bridgehead atoms. The van der Waals surface area contributed by atoms with Crippen LogP contribution in [0.5, 0.6) is 0 Å². The van der Waals surface area contributed by atoms with Gasteiger partial charge in [-0.2, -0.15) is 15.4 Å². The molecule has 0 spiro atoms. The van der Waals surface area contributed by atoms with E-state index < -0.39 is 0 Å². The Morgan fingerprint density at radius 1 is 1.35 bits per heavy atom. The number of rotatable bonds is 4. The lowest BCUT2D eigenvalue weighted by Gasteiger charge is -2.19. The van der Waals surface area contributed by atoms with E-state index in [1.165, 1.54) is 16.7 Å². The first kappa shape index (κ1) is 11.8. The van der Waals surface area contributed by atoms with Crippen LogP contribution in [0.25, 0.3) is 0 Å². The largest absolute Gasteiger partial charge is 0.305 e. The fraction of sp³-hybridized carbons (Fsp3) is 0.385. The minimum Gasteiger partial charge on any atom is -0.305 e. The first-order valence-corrected chi connectivity index (χ1v) is 5.89. The number of hydrogen-bond donors (Lipinski definition) is 2. The second-order valence-electron chi connectivity index (χ2n) is 4.17. The van der Waals surface area contributed by atoms with Crippen LogP contribution in [-0.2, 0) is 0 Å². The Kier molecular flexibility index (Phi) is 3.54. The summed E-state index contributed by atoms with van der Waals surface area (Å²) in [6, 6.07) is 6.47. The molecule has 2 rings (SSSR count). The Morgan fingerprint density at radius 3 is 2.82 bits per heavy atom. The number of aromatic amines is 1. The molecule has 2 N–H and O–H groups in total. The molecule has 1 aromatic carbocycles. The summed E-state index contributed by atoms with van der Waals surface area (Å²) in [6.45, 7) is 7.27. The zero-order chi connectivity index (χ0) is 12.3. The highest BCUT2D eigenvalue weighted by Crippen LogP contribution is 2.24. The smallest absolute Gasteiger partial charge is 0.104 e. The number of aromatic nitrogens is 3. The van der Waals surface area contributed by atoms with Crippen molar-refractivity contribution in [1.29, 1.82) is 0 Å². The van der Waals surface area contributed by atoms with Crippen LogP contribution in [0.4, 0.5) is 0 Å². The molecule has 17 heavy (non-hydrogen) atoms. The molecule has 2 aromatic rings. The van der Waals surface area contributed by atoms with Gasteiger partial charge < -0.3 is 5.32 Å². The van der Waals surface area contributed by atoms with Gasteiger partial charge in [0.15, 0.2) is 0 Å². The standard InChI is InChI=1S/C13H18N4/c1-4-14-13(12-8-15-17-16-12)11-7-5-6-9(2)10(11)3/h5-8,13-14H,4H2,1-3H3,(H,15,16,17). The molecule has 4 heteroatoms. The summed E-state index contributed by atoms with van der Waals surface area (Å²) in [5.74, 6) is 0. The predicted octanol–water partition coefficient (Wildman–Crippen LogP) is 2.12. The maximum atomic E-state index is 4.18. The minimum absolute atomic E-state index is 0.110. The van der Waals surface area contributed by atoms with Crippen LogP contribution in [0, 0.1) is 13.8 Å².